The Kier molecular flexibility index (Phi) is 12.5. The molecule has 1 aromatic heterocycles. The van der Waals surface area contributed by atoms with Crippen molar-refractivity contribution in [1.82, 2.24) is 10.2 Å². The molecule has 0 spiro atoms. The van der Waals surface area contributed by atoms with E-state index < -0.39 is 0 Å². The summed E-state index contributed by atoms with van der Waals surface area (Å²) >= 11 is 1.77. The monoisotopic (exact) mass is 346 g/mol. The van der Waals surface area contributed by atoms with E-state index in [0.29, 0.717) is 13.1 Å². The van der Waals surface area contributed by atoms with Crippen LogP contribution in [0.5, 0.6) is 0 Å². The summed E-state index contributed by atoms with van der Waals surface area (Å²) in [7, 11) is 0. The molecule has 1 aromatic rings. The molecule has 1 fully saturated rings. The Balaban J connectivity index is 0.000000952. The van der Waals surface area contributed by atoms with Crippen molar-refractivity contribution >= 4 is 17.2 Å². The number of aryl methyl sites for hydroxylation is 1. The lowest BCUT2D eigenvalue weighted by molar-refractivity contribution is 0.357. The van der Waals surface area contributed by atoms with Crippen molar-refractivity contribution in [3.63, 3.8) is 0 Å². The van der Waals surface area contributed by atoms with Gasteiger partial charge >= 0.3 is 0 Å². The standard InChI is InChI=1S/C14H22N4S.C3H6.C2H2/c1-11(8-15)9-17-14(13-7-12(2)19-10-13)18-5-3-16-4-6-18;1-3-2;1-2/h7,10,16H,1,3-6,8-9,15H2,2H3;3H,1H2,2H3;1-2H. The van der Waals surface area contributed by atoms with Gasteiger partial charge in [0.25, 0.3) is 0 Å². The number of aliphatic imine (C=N–C) groups is 1. The lowest BCUT2D eigenvalue weighted by Crippen LogP contribution is -2.46. The highest BCUT2D eigenvalue weighted by molar-refractivity contribution is 7.10. The molecule has 2 heterocycles. The second-order valence-corrected chi connectivity index (χ2v) is 6.30. The highest BCUT2D eigenvalue weighted by Crippen LogP contribution is 2.16. The van der Waals surface area contributed by atoms with Gasteiger partial charge in [-0.3, -0.25) is 4.99 Å². The first-order chi connectivity index (χ1) is 11.6. The van der Waals surface area contributed by atoms with Crippen LogP contribution in [0.2, 0.25) is 0 Å². The fourth-order valence-electron chi connectivity index (χ4n) is 2.06. The summed E-state index contributed by atoms with van der Waals surface area (Å²) in [5.74, 6) is 1.08. The second-order valence-electron chi connectivity index (χ2n) is 5.19. The van der Waals surface area contributed by atoms with Crippen LogP contribution in [-0.4, -0.2) is 50.0 Å². The first-order valence-electron chi connectivity index (χ1n) is 7.95. The van der Waals surface area contributed by atoms with Crippen LogP contribution in [0.4, 0.5) is 0 Å². The van der Waals surface area contributed by atoms with E-state index in [4.69, 9.17) is 10.7 Å². The number of terminal acetylenes is 1. The Morgan fingerprint density at radius 2 is 2.04 bits per heavy atom. The quantitative estimate of drug-likeness (QED) is 0.381. The summed E-state index contributed by atoms with van der Waals surface area (Å²) < 4.78 is 0. The van der Waals surface area contributed by atoms with Crippen molar-refractivity contribution in [2.75, 3.05) is 39.3 Å². The molecule has 0 bridgehead atoms. The van der Waals surface area contributed by atoms with E-state index in [0.717, 1.165) is 37.6 Å². The SMILES string of the molecule is C#C.C=C(CN)CN=C(c1csc(C)c1)N1CCNCC1.C=CC. The van der Waals surface area contributed by atoms with E-state index >= 15 is 0 Å². The predicted octanol–water partition coefficient (Wildman–Crippen LogP) is 2.66. The molecule has 0 unspecified atom stereocenters. The fourth-order valence-corrected chi connectivity index (χ4v) is 2.74. The number of nitrogens with zero attached hydrogens (tertiary/aromatic N) is 2. The van der Waals surface area contributed by atoms with Gasteiger partial charge in [-0.2, -0.15) is 0 Å². The maximum Gasteiger partial charge on any atom is 0.132 e. The maximum atomic E-state index is 5.59. The molecule has 5 heteroatoms. The molecule has 0 saturated carbocycles. The van der Waals surface area contributed by atoms with Crippen LogP contribution in [-0.2, 0) is 0 Å². The first kappa shape index (κ1) is 22.1. The summed E-state index contributed by atoms with van der Waals surface area (Å²) in [5.41, 5.74) is 7.78. The van der Waals surface area contributed by atoms with Gasteiger partial charge in [-0.1, -0.05) is 12.7 Å². The molecule has 1 aliphatic heterocycles. The van der Waals surface area contributed by atoms with Crippen molar-refractivity contribution in [2.24, 2.45) is 10.7 Å². The zero-order valence-electron chi connectivity index (χ0n) is 14.9. The minimum absolute atomic E-state index is 0.501. The van der Waals surface area contributed by atoms with E-state index in [1.807, 2.05) is 6.92 Å². The number of hydrogen-bond donors (Lipinski definition) is 2. The Bertz CT molecular complexity index is 537. The average Bonchev–Trinajstić information content (AvgIpc) is 3.04. The summed E-state index contributed by atoms with van der Waals surface area (Å²) in [5, 5.41) is 5.55. The molecule has 1 saturated heterocycles. The van der Waals surface area contributed by atoms with E-state index in [1.165, 1.54) is 10.4 Å². The third kappa shape index (κ3) is 8.11. The number of amidine groups is 1. The van der Waals surface area contributed by atoms with Crippen molar-refractivity contribution < 1.29 is 0 Å². The van der Waals surface area contributed by atoms with E-state index in [9.17, 15) is 0 Å². The van der Waals surface area contributed by atoms with E-state index in [2.05, 4.69) is 54.6 Å². The topological polar surface area (TPSA) is 53.6 Å². The van der Waals surface area contributed by atoms with Gasteiger partial charge in [-0.05, 0) is 25.5 Å². The van der Waals surface area contributed by atoms with Gasteiger partial charge in [0.15, 0.2) is 0 Å². The van der Waals surface area contributed by atoms with Gasteiger partial charge < -0.3 is 16.0 Å². The summed E-state index contributed by atoms with van der Waals surface area (Å²) in [6.07, 6.45) is 9.75. The molecule has 3 N–H and O–H groups in total. The minimum Gasteiger partial charge on any atom is -0.354 e. The van der Waals surface area contributed by atoms with Crippen molar-refractivity contribution in [3.05, 3.63) is 46.7 Å². The predicted molar refractivity (Wildman–Crippen MR) is 109 cm³/mol. The molecule has 0 amide bonds. The first-order valence-corrected chi connectivity index (χ1v) is 8.83. The number of nitrogens with one attached hydrogen (secondary N) is 1. The molecule has 1 aliphatic rings. The lowest BCUT2D eigenvalue weighted by atomic mass is 10.2. The zero-order valence-corrected chi connectivity index (χ0v) is 15.7. The minimum atomic E-state index is 0.501. The van der Waals surface area contributed by atoms with E-state index in [-0.39, 0.29) is 0 Å². The fraction of sp³-hybridized carbons (Fsp3) is 0.421. The van der Waals surface area contributed by atoms with E-state index in [1.54, 1.807) is 17.4 Å². The number of rotatable bonds is 4. The third-order valence-corrected chi connectivity index (χ3v) is 4.01. The number of piperazine rings is 1. The zero-order chi connectivity index (χ0) is 18.4. The Morgan fingerprint density at radius 3 is 2.50 bits per heavy atom. The number of nitrogens with two attached hydrogens (primary N) is 1. The molecular formula is C19H30N4S. The molecule has 0 aromatic carbocycles. The van der Waals surface area contributed by atoms with Crippen LogP contribution in [0.1, 0.15) is 17.4 Å². The summed E-state index contributed by atoms with van der Waals surface area (Å²) in [6.45, 7) is 16.5. The Morgan fingerprint density at radius 1 is 1.46 bits per heavy atom. The Labute approximate surface area is 151 Å². The molecule has 0 aliphatic carbocycles. The van der Waals surface area contributed by atoms with Gasteiger partial charge in [0, 0.05) is 48.5 Å². The molecule has 4 nitrogen and oxygen atoms in total. The third-order valence-electron chi connectivity index (χ3n) is 3.15. The normalized spacial score (nSPS) is 13.9. The summed E-state index contributed by atoms with van der Waals surface area (Å²) in [4.78, 5) is 8.41. The largest absolute Gasteiger partial charge is 0.354 e. The lowest BCUT2D eigenvalue weighted by Gasteiger charge is -2.30. The average molecular weight is 347 g/mol. The van der Waals surface area contributed by atoms with Crippen LogP contribution < -0.4 is 11.1 Å². The van der Waals surface area contributed by atoms with Gasteiger partial charge in [0.1, 0.15) is 5.84 Å². The van der Waals surface area contributed by atoms with Crippen molar-refractivity contribution in [1.29, 1.82) is 0 Å². The number of hydrogen-bond acceptors (Lipinski definition) is 4. The highest BCUT2D eigenvalue weighted by atomic mass is 32.1. The van der Waals surface area contributed by atoms with Crippen LogP contribution in [0.25, 0.3) is 0 Å². The smallest absolute Gasteiger partial charge is 0.132 e. The van der Waals surface area contributed by atoms with Gasteiger partial charge in [-0.15, -0.1) is 30.8 Å². The second kappa shape index (κ2) is 13.6. The van der Waals surface area contributed by atoms with Crippen LogP contribution in [0.15, 0.2) is 41.2 Å². The molecule has 0 radical (unpaired) electrons. The Hall–Kier alpha value is -1.87. The highest BCUT2D eigenvalue weighted by Gasteiger charge is 2.17. The van der Waals surface area contributed by atoms with Gasteiger partial charge in [0.05, 0.1) is 6.54 Å². The van der Waals surface area contributed by atoms with Crippen LogP contribution in [0.3, 0.4) is 0 Å². The maximum absolute atomic E-state index is 5.59. The molecule has 132 valence electrons. The van der Waals surface area contributed by atoms with Crippen LogP contribution >= 0.6 is 11.3 Å². The molecule has 0 atom stereocenters. The van der Waals surface area contributed by atoms with Crippen molar-refractivity contribution in [2.45, 2.75) is 13.8 Å². The molecule has 2 rings (SSSR count). The molecule has 24 heavy (non-hydrogen) atoms. The van der Waals surface area contributed by atoms with Crippen molar-refractivity contribution in [3.8, 4) is 12.8 Å². The number of allylic oxidation sites excluding steroid dienone is 1. The van der Waals surface area contributed by atoms with Gasteiger partial charge in [0.2, 0.25) is 0 Å². The molecular weight excluding hydrogens is 316 g/mol. The van der Waals surface area contributed by atoms with Crippen LogP contribution in [0, 0.1) is 19.8 Å². The summed E-state index contributed by atoms with van der Waals surface area (Å²) in [6, 6.07) is 2.21. The number of thiophene rings is 1. The van der Waals surface area contributed by atoms with Gasteiger partial charge in [-0.25, -0.2) is 0 Å².